The molecule has 1 aromatic heterocycles. The van der Waals surface area contributed by atoms with Crippen molar-refractivity contribution in [3.63, 3.8) is 0 Å². The summed E-state index contributed by atoms with van der Waals surface area (Å²) in [5, 5.41) is 11.6. The molecule has 0 spiro atoms. The first-order valence-electron chi connectivity index (χ1n) is 6.01. The van der Waals surface area contributed by atoms with Crippen LogP contribution in [-0.4, -0.2) is 16.6 Å². The molecule has 1 heterocycles. The van der Waals surface area contributed by atoms with Crippen molar-refractivity contribution in [1.29, 1.82) is 0 Å². The number of hydrogen-bond acceptors (Lipinski definition) is 3. The summed E-state index contributed by atoms with van der Waals surface area (Å²) in [6.07, 6.45) is -0.572. The third-order valence-corrected chi connectivity index (χ3v) is 4.32. The molecule has 18 heavy (non-hydrogen) atoms. The Hall–Kier alpha value is -0.640. The van der Waals surface area contributed by atoms with E-state index in [0.29, 0.717) is 28.0 Å². The molecule has 0 aliphatic rings. The van der Waals surface area contributed by atoms with Crippen LogP contribution in [0.5, 0.6) is 0 Å². The first kappa shape index (κ1) is 13.8. The predicted molar refractivity (Wildman–Crippen MR) is 78.3 cm³/mol. The molecule has 0 fully saturated rings. The summed E-state index contributed by atoms with van der Waals surface area (Å²) >= 11 is 7.78. The van der Waals surface area contributed by atoms with Gasteiger partial charge in [0.25, 0.3) is 0 Å². The number of benzene rings is 1. The summed E-state index contributed by atoms with van der Waals surface area (Å²) in [4.78, 5) is 0. The molecule has 2 aromatic rings. The zero-order valence-corrected chi connectivity index (χ0v) is 12.1. The van der Waals surface area contributed by atoms with Gasteiger partial charge in [0.1, 0.15) is 11.9 Å². The molecular weight excluding hydrogens is 268 g/mol. The van der Waals surface area contributed by atoms with Crippen LogP contribution < -0.4 is 0 Å². The van der Waals surface area contributed by atoms with Crippen LogP contribution in [0.25, 0.3) is 11.0 Å². The van der Waals surface area contributed by atoms with E-state index in [1.54, 1.807) is 17.8 Å². The summed E-state index contributed by atoms with van der Waals surface area (Å²) in [7, 11) is 0. The lowest BCUT2D eigenvalue weighted by Crippen LogP contribution is -2.01. The van der Waals surface area contributed by atoms with E-state index in [4.69, 9.17) is 16.0 Å². The van der Waals surface area contributed by atoms with Gasteiger partial charge in [-0.2, -0.15) is 11.8 Å². The van der Waals surface area contributed by atoms with Crippen molar-refractivity contribution >= 4 is 34.3 Å². The van der Waals surface area contributed by atoms with Crippen LogP contribution in [0.15, 0.2) is 28.7 Å². The Labute approximate surface area is 116 Å². The lowest BCUT2D eigenvalue weighted by atomic mass is 10.2. The van der Waals surface area contributed by atoms with Gasteiger partial charge in [0, 0.05) is 11.1 Å². The molecule has 4 heteroatoms. The van der Waals surface area contributed by atoms with Crippen molar-refractivity contribution < 1.29 is 9.52 Å². The average molecular weight is 285 g/mol. The molecular formula is C14H17ClO2S. The Balaban J connectivity index is 2.08. The number of aliphatic hydroxyl groups excluding tert-OH is 1. The molecule has 1 unspecified atom stereocenters. The fraction of sp³-hybridized carbons (Fsp3) is 0.429. The molecule has 0 amide bonds. The SMILES string of the molecule is CC(C)CSCC(O)c1cc2cccc(Cl)c2o1. The van der Waals surface area contributed by atoms with E-state index in [1.165, 1.54) is 0 Å². The van der Waals surface area contributed by atoms with Crippen molar-refractivity contribution in [3.8, 4) is 0 Å². The van der Waals surface area contributed by atoms with E-state index in [-0.39, 0.29) is 0 Å². The monoisotopic (exact) mass is 284 g/mol. The van der Waals surface area contributed by atoms with E-state index in [2.05, 4.69) is 13.8 Å². The quantitative estimate of drug-likeness (QED) is 0.877. The van der Waals surface area contributed by atoms with Crippen LogP contribution in [0.1, 0.15) is 25.7 Å². The molecule has 0 radical (unpaired) electrons. The molecule has 0 bridgehead atoms. The minimum Gasteiger partial charge on any atom is -0.457 e. The zero-order chi connectivity index (χ0) is 13.1. The van der Waals surface area contributed by atoms with Crippen LogP contribution in [0, 0.1) is 5.92 Å². The number of thioether (sulfide) groups is 1. The van der Waals surface area contributed by atoms with Crippen LogP contribution in [0.4, 0.5) is 0 Å². The average Bonchev–Trinajstić information content (AvgIpc) is 2.74. The van der Waals surface area contributed by atoms with E-state index in [9.17, 15) is 5.11 Å². The highest BCUT2D eigenvalue weighted by molar-refractivity contribution is 7.99. The van der Waals surface area contributed by atoms with Gasteiger partial charge < -0.3 is 9.52 Å². The van der Waals surface area contributed by atoms with E-state index in [0.717, 1.165) is 11.1 Å². The van der Waals surface area contributed by atoms with Gasteiger partial charge in [-0.15, -0.1) is 0 Å². The van der Waals surface area contributed by atoms with Gasteiger partial charge >= 0.3 is 0 Å². The highest BCUT2D eigenvalue weighted by Crippen LogP contribution is 2.30. The van der Waals surface area contributed by atoms with Gasteiger partial charge in [-0.1, -0.05) is 37.6 Å². The molecule has 0 saturated heterocycles. The van der Waals surface area contributed by atoms with Crippen molar-refractivity contribution in [2.75, 3.05) is 11.5 Å². The number of furan rings is 1. The Kier molecular flexibility index (Phi) is 4.60. The first-order valence-corrected chi connectivity index (χ1v) is 7.55. The predicted octanol–water partition coefficient (Wildman–Crippen LogP) is 4.51. The second-order valence-electron chi connectivity index (χ2n) is 4.75. The zero-order valence-electron chi connectivity index (χ0n) is 10.5. The van der Waals surface area contributed by atoms with E-state index >= 15 is 0 Å². The topological polar surface area (TPSA) is 33.4 Å². The van der Waals surface area contributed by atoms with Crippen molar-refractivity contribution in [1.82, 2.24) is 0 Å². The number of para-hydroxylation sites is 1. The Bertz CT molecular complexity index is 521. The molecule has 0 aliphatic carbocycles. The van der Waals surface area contributed by atoms with Gasteiger partial charge in [-0.25, -0.2) is 0 Å². The number of fused-ring (bicyclic) bond motifs is 1. The normalized spacial score (nSPS) is 13.4. The summed E-state index contributed by atoms with van der Waals surface area (Å²) in [5.74, 6) is 2.91. The lowest BCUT2D eigenvalue weighted by molar-refractivity contribution is 0.176. The van der Waals surface area contributed by atoms with E-state index in [1.807, 2.05) is 18.2 Å². The lowest BCUT2D eigenvalue weighted by Gasteiger charge is -2.08. The minimum absolute atomic E-state index is 0.572. The third-order valence-electron chi connectivity index (χ3n) is 2.57. The Morgan fingerprint density at radius 1 is 1.33 bits per heavy atom. The molecule has 1 aromatic carbocycles. The molecule has 98 valence electrons. The van der Waals surface area contributed by atoms with Crippen LogP contribution >= 0.6 is 23.4 Å². The third kappa shape index (κ3) is 3.22. The largest absolute Gasteiger partial charge is 0.457 e. The number of rotatable bonds is 5. The maximum atomic E-state index is 10.1. The highest BCUT2D eigenvalue weighted by Gasteiger charge is 2.14. The highest BCUT2D eigenvalue weighted by atomic mass is 35.5. The maximum absolute atomic E-state index is 10.1. The summed E-state index contributed by atoms with van der Waals surface area (Å²) in [5.41, 5.74) is 0.655. The molecule has 1 atom stereocenters. The van der Waals surface area contributed by atoms with Gasteiger partial charge in [-0.05, 0) is 23.8 Å². The Morgan fingerprint density at radius 3 is 2.78 bits per heavy atom. The minimum atomic E-state index is -0.572. The molecule has 1 N–H and O–H groups in total. The molecule has 2 nitrogen and oxygen atoms in total. The van der Waals surface area contributed by atoms with Crippen LogP contribution in [-0.2, 0) is 0 Å². The summed E-state index contributed by atoms with van der Waals surface area (Å²) < 4.78 is 5.62. The second-order valence-corrected chi connectivity index (χ2v) is 6.24. The molecule has 0 aliphatic heterocycles. The fourth-order valence-corrected chi connectivity index (χ4v) is 2.92. The molecule has 0 saturated carbocycles. The number of hydrogen-bond donors (Lipinski definition) is 1. The van der Waals surface area contributed by atoms with Gasteiger partial charge in [0.2, 0.25) is 0 Å². The smallest absolute Gasteiger partial charge is 0.152 e. The van der Waals surface area contributed by atoms with Gasteiger partial charge in [-0.3, -0.25) is 0 Å². The second kappa shape index (κ2) is 6.00. The number of aliphatic hydroxyl groups is 1. The van der Waals surface area contributed by atoms with Crippen LogP contribution in [0.2, 0.25) is 5.02 Å². The van der Waals surface area contributed by atoms with Gasteiger partial charge in [0.15, 0.2) is 5.58 Å². The van der Waals surface area contributed by atoms with Crippen molar-refractivity contribution in [2.45, 2.75) is 20.0 Å². The van der Waals surface area contributed by atoms with Crippen LogP contribution in [0.3, 0.4) is 0 Å². The fourth-order valence-electron chi connectivity index (χ4n) is 1.71. The van der Waals surface area contributed by atoms with Crippen molar-refractivity contribution in [3.05, 3.63) is 35.0 Å². The van der Waals surface area contributed by atoms with Crippen molar-refractivity contribution in [2.24, 2.45) is 5.92 Å². The summed E-state index contributed by atoms with van der Waals surface area (Å²) in [6.45, 7) is 4.33. The van der Waals surface area contributed by atoms with E-state index < -0.39 is 6.10 Å². The van der Waals surface area contributed by atoms with Gasteiger partial charge in [0.05, 0.1) is 5.02 Å². The summed E-state index contributed by atoms with van der Waals surface area (Å²) in [6, 6.07) is 7.46. The maximum Gasteiger partial charge on any atom is 0.152 e. The Morgan fingerprint density at radius 2 is 2.11 bits per heavy atom. The first-order chi connectivity index (χ1) is 8.58. The molecule has 2 rings (SSSR count). The number of halogens is 1. The standard InChI is InChI=1S/C14H17ClO2S/c1-9(2)7-18-8-12(16)13-6-10-4-3-5-11(15)14(10)17-13/h3-6,9,12,16H,7-8H2,1-2H3.